The molecule has 32 heteroatoms. The van der Waals surface area contributed by atoms with E-state index in [1.54, 1.807) is 33.9 Å². The first-order chi connectivity index (χ1) is 56.7. The summed E-state index contributed by atoms with van der Waals surface area (Å²) in [4.78, 5) is 68.9. The summed E-state index contributed by atoms with van der Waals surface area (Å²) in [5.74, 6) is 2.04. The van der Waals surface area contributed by atoms with E-state index in [4.69, 9.17) is 0 Å². The van der Waals surface area contributed by atoms with Gasteiger partial charge in [-0.15, -0.1) is 0 Å². The van der Waals surface area contributed by atoms with Crippen molar-refractivity contribution in [1.82, 2.24) is 68.4 Å². The fourth-order valence-electron chi connectivity index (χ4n) is 19.6. The van der Waals surface area contributed by atoms with Crippen molar-refractivity contribution >= 4 is 98.4 Å². The highest BCUT2D eigenvalue weighted by Crippen LogP contribution is 2.44. The van der Waals surface area contributed by atoms with Crippen molar-refractivity contribution in [3.63, 3.8) is 0 Å². The molecule has 0 radical (unpaired) electrons. The van der Waals surface area contributed by atoms with Crippen LogP contribution in [0.15, 0.2) is 98.7 Å². The maximum Gasteiger partial charge on any atom is 0.211 e. The van der Waals surface area contributed by atoms with Crippen LogP contribution in [-0.2, 0) is 117 Å². The summed E-state index contributed by atoms with van der Waals surface area (Å²) in [6.07, 6.45) is 48.5. The average molecular weight is 1670 g/mol. The van der Waals surface area contributed by atoms with E-state index >= 15 is 0 Å². The molecule has 118 heavy (non-hydrogen) atoms. The molecule has 0 aromatic carbocycles. The zero-order valence-electron chi connectivity index (χ0n) is 68.4. The number of allylic oxidation sites excluding steroid dienone is 4. The van der Waals surface area contributed by atoms with Gasteiger partial charge in [-0.05, 0) is 90.5 Å². The van der Waals surface area contributed by atoms with Gasteiger partial charge in [0.15, 0.2) is 19.7 Å². The zero-order chi connectivity index (χ0) is 82.1. The summed E-state index contributed by atoms with van der Waals surface area (Å²) < 4.78 is 99.6. The lowest BCUT2D eigenvalue weighted by atomic mass is 9.92. The molecule has 0 amide bonds. The van der Waals surface area contributed by atoms with Crippen molar-refractivity contribution in [3.05, 3.63) is 200 Å². The molecule has 4 aliphatic carbocycles. The molecule has 8 aromatic rings. The van der Waals surface area contributed by atoms with Crippen LogP contribution in [0, 0.1) is 0 Å². The molecule has 8 aliphatic heterocycles. The molecule has 0 unspecified atom stereocenters. The number of anilines is 6. The minimum Gasteiger partial charge on any atom is -0.363 e. The molecule has 0 N–H and O–H groups in total. The smallest absolute Gasteiger partial charge is 0.211 e. The summed E-state index contributed by atoms with van der Waals surface area (Å²) in [5.41, 5.74) is 25.1. The van der Waals surface area contributed by atoms with Gasteiger partial charge >= 0.3 is 0 Å². The molecule has 4 fully saturated rings. The second kappa shape index (κ2) is 32.8. The van der Waals surface area contributed by atoms with E-state index in [2.05, 4.69) is 190 Å². The predicted octanol–water partition coefficient (Wildman–Crippen LogP) is 9.09. The van der Waals surface area contributed by atoms with Gasteiger partial charge in [0.25, 0.3) is 0 Å². The average Bonchev–Trinajstić information content (AvgIpc) is 1.35. The van der Waals surface area contributed by atoms with Gasteiger partial charge in [-0.1, -0.05) is 48.6 Å². The van der Waals surface area contributed by atoms with Crippen LogP contribution in [0.5, 0.6) is 0 Å². The quantitative estimate of drug-likeness (QED) is 0.110. The number of rotatable bonds is 12. The molecule has 620 valence electrons. The second-order valence-corrected chi connectivity index (χ2v) is 42.4. The Balaban J connectivity index is 0.000000113. The monoisotopic (exact) mass is 1670 g/mol. The summed E-state index contributed by atoms with van der Waals surface area (Å²) in [7, 11) is -12.5. The summed E-state index contributed by atoms with van der Waals surface area (Å²) in [5, 5.41) is -0.659. The molecule has 0 saturated carbocycles. The Morgan fingerprint density at radius 2 is 0.627 bits per heavy atom. The van der Waals surface area contributed by atoms with Gasteiger partial charge in [-0.2, -0.15) is 0 Å². The highest BCUT2D eigenvalue weighted by molar-refractivity contribution is 7.91. The first-order valence-corrected chi connectivity index (χ1v) is 49.0. The number of sulfone groups is 2. The normalized spacial score (nSPS) is 23.7. The number of pyridine rings is 4. The van der Waals surface area contributed by atoms with Gasteiger partial charge in [0.2, 0.25) is 20.0 Å². The number of hydrogen-bond donors (Lipinski definition) is 0. The van der Waals surface area contributed by atoms with Crippen LogP contribution in [0.2, 0.25) is 0 Å². The second-order valence-electron chi connectivity index (χ2n) is 33.8. The largest absolute Gasteiger partial charge is 0.363 e. The van der Waals surface area contributed by atoms with E-state index in [0.717, 1.165) is 209 Å². The lowest BCUT2D eigenvalue weighted by Crippen LogP contribution is -2.45. The van der Waals surface area contributed by atoms with Crippen molar-refractivity contribution in [2.24, 2.45) is 0 Å². The standard InChI is InChI=1S/2C22H27N5O2S.2C21H25N5O2S/c2*1-15-11-20-18(13-27(15)21-8-9-23-19-7-3-6-17(19)21)22(25-14-24-20)26-10-4-5-16(12-26)30(2,28)29;2*1-14-10-19-17(12-26(14)20-6-8-22-18-5-3-4-16(18)20)21(24-13-23-19)15-7-9-25(11-15)29(2,27)28/h2*3,6,8-9,14-16H,4-5,7,10-13H2,1-2H3;2*3-4,6,8,13-15H,5,7,9-12H2,1-2H3/t15-,16+;15-,16-;14-,15+;14-,15-/m1111/s1. The molecule has 0 bridgehead atoms. The Kier molecular flexibility index (Phi) is 22.5. The molecule has 16 heterocycles. The molecule has 0 spiro atoms. The van der Waals surface area contributed by atoms with Crippen LogP contribution >= 0.6 is 0 Å². The van der Waals surface area contributed by atoms with Gasteiger partial charge in [-0.3, -0.25) is 19.9 Å². The molecule has 8 aromatic heterocycles. The highest BCUT2D eigenvalue weighted by Gasteiger charge is 2.41. The maximum atomic E-state index is 12.2. The van der Waals surface area contributed by atoms with E-state index in [1.165, 1.54) is 81.2 Å². The Morgan fingerprint density at radius 3 is 0.924 bits per heavy atom. The number of sulfonamides is 2. The SMILES string of the molecule is C[C@@H]1Cc2ncnc(N3CCC[C@@H](S(C)(=O)=O)C3)c2CN1c1ccnc2c1C=CC2.C[C@@H]1Cc2ncnc(N3CCC[C@H](S(C)(=O)=O)C3)c2CN1c1ccnc2c1C=CC2.C[C@@H]1Cc2ncnc([C@@H]3CCN(S(C)(=O)=O)C3)c2CN1c1ccnc2c1C=CC2.C[C@@H]1Cc2ncnc([C@H]3CCN(S(C)(=O)=O)C3)c2CN1c1ccnc2c1C=CC2. The number of hydrogen-bond acceptors (Lipinski definition) is 26. The first kappa shape index (κ1) is 80.8. The molecule has 8 atom stereocenters. The van der Waals surface area contributed by atoms with Gasteiger partial charge < -0.3 is 29.4 Å². The molecular weight excluding hydrogens is 1570 g/mol. The van der Waals surface area contributed by atoms with Crippen molar-refractivity contribution in [2.75, 3.05) is 107 Å². The van der Waals surface area contributed by atoms with E-state index in [1.807, 2.05) is 24.8 Å². The predicted molar refractivity (Wildman–Crippen MR) is 461 cm³/mol. The van der Waals surface area contributed by atoms with E-state index in [9.17, 15) is 33.7 Å². The fourth-order valence-corrected chi connectivity index (χ4v) is 23.5. The maximum absolute atomic E-state index is 12.2. The third kappa shape index (κ3) is 16.4. The van der Waals surface area contributed by atoms with Crippen LogP contribution in [-0.4, -0.2) is 214 Å². The first-order valence-electron chi connectivity index (χ1n) is 41.4. The van der Waals surface area contributed by atoms with Crippen molar-refractivity contribution in [2.45, 2.75) is 190 Å². The van der Waals surface area contributed by atoms with Crippen molar-refractivity contribution in [1.29, 1.82) is 0 Å². The van der Waals surface area contributed by atoms with Crippen LogP contribution in [0.4, 0.5) is 34.4 Å². The number of fused-ring (bicyclic) bond motifs is 8. The Morgan fingerprint density at radius 1 is 0.331 bits per heavy atom. The third-order valence-electron chi connectivity index (χ3n) is 26.0. The van der Waals surface area contributed by atoms with Crippen molar-refractivity contribution in [3.8, 4) is 0 Å². The number of piperidine rings is 2. The molecule has 20 rings (SSSR count). The van der Waals surface area contributed by atoms with Crippen molar-refractivity contribution < 1.29 is 33.7 Å². The molecule has 4 saturated heterocycles. The Bertz CT molecular complexity index is 5480. The van der Waals surface area contributed by atoms with E-state index < -0.39 is 39.7 Å². The Labute approximate surface area is 693 Å². The minimum atomic E-state index is -3.17. The van der Waals surface area contributed by atoms with Gasteiger partial charge in [0, 0.05) is 270 Å². The molecule has 28 nitrogen and oxygen atoms in total. The molecule has 12 aliphatic rings. The number of nitrogens with zero attached hydrogens (tertiary/aromatic N) is 20. The van der Waals surface area contributed by atoms with Gasteiger partial charge in [0.1, 0.15) is 36.9 Å². The lowest BCUT2D eigenvalue weighted by molar-refractivity contribution is 0.475. The number of aromatic nitrogens is 12. The minimum absolute atomic E-state index is 0.125. The van der Waals surface area contributed by atoms with Crippen LogP contribution in [0.1, 0.15) is 180 Å². The van der Waals surface area contributed by atoms with Crippen LogP contribution in [0.25, 0.3) is 24.3 Å². The van der Waals surface area contributed by atoms with Gasteiger partial charge in [-0.25, -0.2) is 82.2 Å². The molecular formula is C86H104N20O8S4. The summed E-state index contributed by atoms with van der Waals surface area (Å²) in [6, 6.07) is 9.65. The topological polar surface area (TPSA) is 317 Å². The lowest BCUT2D eigenvalue weighted by Gasteiger charge is -2.40. The fraction of sp³-hybridized carbons (Fsp3) is 0.488. The van der Waals surface area contributed by atoms with E-state index in [-0.39, 0.29) is 22.3 Å². The Hall–Kier alpha value is -9.60. The summed E-state index contributed by atoms with van der Waals surface area (Å²) in [6.45, 7) is 16.7. The summed E-state index contributed by atoms with van der Waals surface area (Å²) >= 11 is 0. The van der Waals surface area contributed by atoms with Crippen LogP contribution in [0.3, 0.4) is 0 Å². The zero-order valence-corrected chi connectivity index (χ0v) is 71.7. The third-order valence-corrected chi connectivity index (χ3v) is 31.7. The van der Waals surface area contributed by atoms with Gasteiger partial charge in [0.05, 0.1) is 80.0 Å². The van der Waals surface area contributed by atoms with E-state index in [0.29, 0.717) is 63.4 Å². The van der Waals surface area contributed by atoms with Crippen LogP contribution < -0.4 is 29.4 Å². The highest BCUT2D eigenvalue weighted by atomic mass is 32.2.